The Morgan fingerprint density at radius 3 is 1.51 bits per heavy atom. The summed E-state index contributed by atoms with van der Waals surface area (Å²) in [5, 5.41) is 4.21. The van der Waals surface area contributed by atoms with E-state index in [2.05, 4.69) is 61.0 Å². The highest BCUT2D eigenvalue weighted by Gasteiger charge is 2.43. The van der Waals surface area contributed by atoms with E-state index in [1.54, 1.807) is 22.7 Å². The van der Waals surface area contributed by atoms with Crippen LogP contribution in [0, 0.1) is 0 Å². The average Bonchev–Trinajstić information content (AvgIpc) is 3.75. The molecule has 0 spiro atoms. The number of rotatable bonds is 12. The van der Waals surface area contributed by atoms with Gasteiger partial charge in [0.1, 0.15) is 26.4 Å². The summed E-state index contributed by atoms with van der Waals surface area (Å²) in [5.41, 5.74) is 8.26. The minimum Gasteiger partial charge on any atom is -0.485 e. The van der Waals surface area contributed by atoms with Crippen molar-refractivity contribution in [2.24, 2.45) is 0 Å². The Kier molecular flexibility index (Phi) is 8.42. The normalized spacial score (nSPS) is 15.8. The highest BCUT2D eigenvalue weighted by molar-refractivity contribution is 7.14. The summed E-state index contributed by atoms with van der Waals surface area (Å²) in [4.78, 5) is 2.37. The molecule has 2 aromatic heterocycles. The van der Waals surface area contributed by atoms with Crippen LogP contribution < -0.4 is 18.9 Å². The molecule has 0 saturated carbocycles. The van der Waals surface area contributed by atoms with Crippen LogP contribution in [0.5, 0.6) is 23.0 Å². The second-order valence-electron chi connectivity index (χ2n) is 12.1. The lowest BCUT2D eigenvalue weighted by Gasteiger charge is -2.33. The summed E-state index contributed by atoms with van der Waals surface area (Å²) in [6.07, 6.45) is 12.5. The Bertz CT molecular complexity index is 1460. The van der Waals surface area contributed by atoms with E-state index in [9.17, 15) is 0 Å². The van der Waals surface area contributed by atoms with Crippen molar-refractivity contribution in [2.45, 2.75) is 83.5 Å². The highest BCUT2D eigenvalue weighted by atomic mass is 32.1. The first-order chi connectivity index (χ1) is 21.2. The first-order valence-electron chi connectivity index (χ1n) is 16.3. The van der Waals surface area contributed by atoms with Gasteiger partial charge in [0.2, 0.25) is 0 Å². The SMILES string of the molecule is CCCCCCC1(CCCCCC)c2cc(-c3scc4c3OCCO4)ccc2-c2ccc(-c3scc4c3OCCO4)cc21. The van der Waals surface area contributed by atoms with Gasteiger partial charge < -0.3 is 18.9 Å². The monoisotopic (exact) mass is 614 g/mol. The van der Waals surface area contributed by atoms with Crippen molar-refractivity contribution in [3.8, 4) is 55.0 Å². The number of unbranched alkanes of at least 4 members (excludes halogenated alkanes) is 6. The van der Waals surface area contributed by atoms with Crippen LogP contribution in [0.1, 0.15) is 89.2 Å². The molecule has 0 fully saturated rings. The smallest absolute Gasteiger partial charge is 0.179 e. The van der Waals surface area contributed by atoms with Crippen LogP contribution in [-0.2, 0) is 5.41 Å². The summed E-state index contributed by atoms with van der Waals surface area (Å²) in [7, 11) is 0. The maximum Gasteiger partial charge on any atom is 0.179 e. The van der Waals surface area contributed by atoms with E-state index in [0.29, 0.717) is 26.4 Å². The zero-order valence-corrected chi connectivity index (χ0v) is 27.1. The first kappa shape index (κ1) is 28.8. The second-order valence-corrected chi connectivity index (χ2v) is 13.9. The predicted molar refractivity (Wildman–Crippen MR) is 179 cm³/mol. The van der Waals surface area contributed by atoms with E-state index in [-0.39, 0.29) is 5.41 Å². The maximum atomic E-state index is 6.13. The zero-order valence-electron chi connectivity index (χ0n) is 25.5. The highest BCUT2D eigenvalue weighted by Crippen LogP contribution is 2.57. The molecular formula is C37H42O4S2. The van der Waals surface area contributed by atoms with Gasteiger partial charge in [-0.05, 0) is 58.4 Å². The molecule has 43 heavy (non-hydrogen) atoms. The molecule has 0 amide bonds. The van der Waals surface area contributed by atoms with Crippen LogP contribution >= 0.6 is 22.7 Å². The van der Waals surface area contributed by atoms with E-state index in [1.807, 2.05) is 0 Å². The number of thiophene rings is 2. The van der Waals surface area contributed by atoms with E-state index in [4.69, 9.17) is 18.9 Å². The van der Waals surface area contributed by atoms with Crippen LogP contribution in [0.15, 0.2) is 47.2 Å². The van der Waals surface area contributed by atoms with Gasteiger partial charge in [-0.1, -0.05) is 89.5 Å². The van der Waals surface area contributed by atoms with E-state index in [1.165, 1.54) is 107 Å². The standard InChI is InChI=1S/C37H42O4S2/c1-3-5-7-9-15-37(16-10-8-6-4-2)29-21-25(35-33-31(23-42-35)38-17-19-40-33)11-13-27(29)28-14-12-26(22-30(28)37)36-34-32(24-43-36)39-18-20-41-34/h11-14,21-24H,3-10,15-20H2,1-2H3. The second kappa shape index (κ2) is 12.6. The van der Waals surface area contributed by atoms with Gasteiger partial charge in [0.05, 0.1) is 9.75 Å². The molecule has 0 atom stereocenters. The zero-order chi connectivity index (χ0) is 29.2. The third-order valence-electron chi connectivity index (χ3n) is 9.40. The average molecular weight is 615 g/mol. The molecule has 1 aliphatic carbocycles. The molecule has 3 aliphatic rings. The lowest BCUT2D eigenvalue weighted by atomic mass is 9.70. The van der Waals surface area contributed by atoms with E-state index >= 15 is 0 Å². The summed E-state index contributed by atoms with van der Waals surface area (Å²) in [6, 6.07) is 14.4. The fourth-order valence-electron chi connectivity index (χ4n) is 7.27. The Morgan fingerprint density at radius 2 is 1.05 bits per heavy atom. The van der Waals surface area contributed by atoms with Crippen molar-refractivity contribution >= 4 is 22.7 Å². The van der Waals surface area contributed by atoms with Gasteiger partial charge in [0.15, 0.2) is 23.0 Å². The summed E-state index contributed by atoms with van der Waals surface area (Å²) < 4.78 is 24.1. The topological polar surface area (TPSA) is 36.9 Å². The molecule has 6 heteroatoms. The summed E-state index contributed by atoms with van der Waals surface area (Å²) >= 11 is 3.47. The largest absolute Gasteiger partial charge is 0.485 e. The van der Waals surface area contributed by atoms with Gasteiger partial charge in [-0.25, -0.2) is 0 Å². The van der Waals surface area contributed by atoms with Crippen LogP contribution in [0.3, 0.4) is 0 Å². The van der Waals surface area contributed by atoms with Gasteiger partial charge >= 0.3 is 0 Å². The fourth-order valence-corrected chi connectivity index (χ4v) is 9.13. The molecule has 7 rings (SSSR count). The van der Waals surface area contributed by atoms with Crippen molar-refractivity contribution in [3.63, 3.8) is 0 Å². The van der Waals surface area contributed by atoms with Gasteiger partial charge in [-0.15, -0.1) is 22.7 Å². The lowest BCUT2D eigenvalue weighted by Crippen LogP contribution is -2.25. The van der Waals surface area contributed by atoms with Gasteiger partial charge in [-0.2, -0.15) is 0 Å². The van der Waals surface area contributed by atoms with Crippen molar-refractivity contribution in [1.82, 2.24) is 0 Å². The molecule has 0 N–H and O–H groups in total. The predicted octanol–water partition coefficient (Wildman–Crippen LogP) is 10.9. The number of hydrogen-bond acceptors (Lipinski definition) is 6. The molecule has 2 aromatic carbocycles. The third kappa shape index (κ3) is 5.25. The third-order valence-corrected chi connectivity index (χ3v) is 11.4. The Hall–Kier alpha value is -2.96. The number of ether oxygens (including phenoxy) is 4. The molecule has 226 valence electrons. The molecule has 0 unspecified atom stereocenters. The van der Waals surface area contributed by atoms with Gasteiger partial charge in [0, 0.05) is 16.2 Å². The molecule has 4 nitrogen and oxygen atoms in total. The first-order valence-corrected chi connectivity index (χ1v) is 18.0. The van der Waals surface area contributed by atoms with Crippen LogP contribution in [-0.4, -0.2) is 26.4 Å². The lowest BCUT2D eigenvalue weighted by molar-refractivity contribution is 0.174. The van der Waals surface area contributed by atoms with Crippen LogP contribution in [0.4, 0.5) is 0 Å². The quantitative estimate of drug-likeness (QED) is 0.149. The van der Waals surface area contributed by atoms with Crippen molar-refractivity contribution in [2.75, 3.05) is 26.4 Å². The number of hydrogen-bond donors (Lipinski definition) is 0. The molecule has 0 bridgehead atoms. The van der Waals surface area contributed by atoms with Crippen molar-refractivity contribution in [3.05, 3.63) is 58.3 Å². The fraction of sp³-hybridized carbons (Fsp3) is 0.459. The number of fused-ring (bicyclic) bond motifs is 5. The van der Waals surface area contributed by atoms with E-state index in [0.717, 1.165) is 23.0 Å². The Morgan fingerprint density at radius 1 is 0.581 bits per heavy atom. The molecule has 0 radical (unpaired) electrons. The molecule has 0 saturated heterocycles. The van der Waals surface area contributed by atoms with Crippen molar-refractivity contribution in [1.29, 1.82) is 0 Å². The van der Waals surface area contributed by atoms with E-state index < -0.39 is 0 Å². The summed E-state index contributed by atoms with van der Waals surface area (Å²) in [5.74, 6) is 3.59. The maximum absolute atomic E-state index is 6.13. The van der Waals surface area contributed by atoms with Gasteiger partial charge in [-0.3, -0.25) is 0 Å². The van der Waals surface area contributed by atoms with Crippen LogP contribution in [0.2, 0.25) is 0 Å². The minimum absolute atomic E-state index is 0.0124. The summed E-state index contributed by atoms with van der Waals surface area (Å²) in [6.45, 7) is 7.06. The Labute approximate surface area is 264 Å². The molecule has 4 heterocycles. The Balaban J connectivity index is 1.35. The molecular weight excluding hydrogens is 573 g/mol. The number of benzene rings is 2. The minimum atomic E-state index is -0.0124. The molecule has 4 aromatic rings. The molecule has 2 aliphatic heterocycles. The van der Waals surface area contributed by atoms with Crippen molar-refractivity contribution < 1.29 is 18.9 Å². The van der Waals surface area contributed by atoms with Crippen LogP contribution in [0.25, 0.3) is 32.0 Å². The van der Waals surface area contributed by atoms with Gasteiger partial charge in [0.25, 0.3) is 0 Å².